The Labute approximate surface area is 127 Å². The molecule has 0 amide bonds. The second kappa shape index (κ2) is 4.63. The fourth-order valence-electron chi connectivity index (χ4n) is 3.61. The molecule has 1 fully saturated rings. The van der Waals surface area contributed by atoms with Gasteiger partial charge in [0.15, 0.2) is 5.69 Å². The van der Waals surface area contributed by atoms with Crippen molar-refractivity contribution in [2.75, 3.05) is 12.4 Å². The van der Waals surface area contributed by atoms with Gasteiger partial charge in [-0.25, -0.2) is 0 Å². The highest BCUT2D eigenvalue weighted by molar-refractivity contribution is 9.09. The van der Waals surface area contributed by atoms with Crippen LogP contribution in [0.15, 0.2) is 24.5 Å². The van der Waals surface area contributed by atoms with Crippen LogP contribution < -0.4 is 5.06 Å². The van der Waals surface area contributed by atoms with Crippen molar-refractivity contribution >= 4 is 27.2 Å². The lowest BCUT2D eigenvalue weighted by molar-refractivity contribution is -0.751. The van der Waals surface area contributed by atoms with Crippen LogP contribution in [-0.4, -0.2) is 28.6 Å². The summed E-state index contributed by atoms with van der Waals surface area (Å²) in [5.74, 6) is 0. The number of halogens is 1. The zero-order chi connectivity index (χ0) is 14.5. The van der Waals surface area contributed by atoms with Crippen LogP contribution >= 0.6 is 15.9 Å². The first-order valence-corrected chi connectivity index (χ1v) is 7.96. The summed E-state index contributed by atoms with van der Waals surface area (Å²) in [5, 5.41) is 23.1. The molecule has 1 unspecified atom stereocenters. The van der Waals surface area contributed by atoms with Gasteiger partial charge in [0.2, 0.25) is 0 Å². The van der Waals surface area contributed by atoms with Crippen LogP contribution in [0.4, 0.5) is 5.69 Å². The van der Waals surface area contributed by atoms with Crippen LogP contribution in [0.25, 0.3) is 5.57 Å². The Balaban J connectivity index is 2.01. The lowest BCUT2D eigenvalue weighted by atomic mass is 9.78. The van der Waals surface area contributed by atoms with Crippen molar-refractivity contribution in [2.24, 2.45) is 10.8 Å². The van der Waals surface area contributed by atoms with Crippen LogP contribution in [0, 0.1) is 16.0 Å². The number of pyridine rings is 1. The van der Waals surface area contributed by atoms with Crippen molar-refractivity contribution in [2.45, 2.75) is 25.9 Å². The molecule has 0 radical (unpaired) electrons. The minimum atomic E-state index is -0.455. The number of hydroxylamine groups is 1. The average Bonchev–Trinajstić information content (AvgIpc) is 3.06. The van der Waals surface area contributed by atoms with E-state index in [0.717, 1.165) is 29.3 Å². The zero-order valence-corrected chi connectivity index (χ0v) is 13.3. The number of allylic oxidation sites excluding steroid dienone is 1. The molecule has 2 aliphatic carbocycles. The Morgan fingerprint density at radius 1 is 1.60 bits per heavy atom. The first-order chi connectivity index (χ1) is 9.43. The summed E-state index contributed by atoms with van der Waals surface area (Å²) in [6.45, 7) is 2.22. The molecule has 1 aromatic heterocycles. The predicted octanol–water partition coefficient (Wildman–Crippen LogP) is 1.66. The molecule has 3 rings (SSSR count). The number of rotatable bonds is 3. The van der Waals surface area contributed by atoms with Crippen LogP contribution in [-0.2, 0) is 0 Å². The maximum absolute atomic E-state index is 11.7. The standard InChI is InChI=1S/C15H19BrN2O2/c1-14-6-10(5-13(19)15(14,8-14)9-16)11-3-4-17-7-12(11)18(2)20/h3-5,7,13,18-19H,6,8-9H2,1-2H3/t13-,14+,15-/m1/s1. The molecule has 4 nitrogen and oxygen atoms in total. The van der Waals surface area contributed by atoms with Gasteiger partial charge in [-0.15, -0.1) is 0 Å². The molecular weight excluding hydrogens is 320 g/mol. The van der Waals surface area contributed by atoms with Crippen molar-refractivity contribution in [3.8, 4) is 0 Å². The summed E-state index contributed by atoms with van der Waals surface area (Å²) in [7, 11) is 1.56. The molecule has 0 saturated heterocycles. The lowest BCUT2D eigenvalue weighted by Crippen LogP contribution is -2.98. The van der Waals surface area contributed by atoms with Gasteiger partial charge in [-0.1, -0.05) is 28.9 Å². The monoisotopic (exact) mass is 338 g/mol. The van der Waals surface area contributed by atoms with E-state index in [1.807, 2.05) is 12.1 Å². The molecule has 2 aliphatic rings. The zero-order valence-electron chi connectivity index (χ0n) is 11.7. The second-order valence-corrected chi connectivity index (χ2v) is 6.88. The second-order valence-electron chi connectivity index (χ2n) is 6.32. The Hall–Kier alpha value is -0.750. The van der Waals surface area contributed by atoms with Gasteiger partial charge in [-0.3, -0.25) is 4.98 Å². The predicted molar refractivity (Wildman–Crippen MR) is 81.7 cm³/mol. The van der Waals surface area contributed by atoms with E-state index >= 15 is 0 Å². The van der Waals surface area contributed by atoms with E-state index in [-0.39, 0.29) is 15.9 Å². The molecular formula is C15H19BrN2O2. The van der Waals surface area contributed by atoms with E-state index in [2.05, 4.69) is 27.8 Å². The van der Waals surface area contributed by atoms with E-state index in [1.165, 1.54) is 0 Å². The number of fused-ring (bicyclic) bond motifs is 1. The average molecular weight is 339 g/mol. The minimum Gasteiger partial charge on any atom is -0.629 e. The number of hydrogen-bond acceptors (Lipinski definition) is 3. The van der Waals surface area contributed by atoms with Crippen molar-refractivity contribution in [1.82, 2.24) is 4.98 Å². The molecule has 1 heterocycles. The van der Waals surface area contributed by atoms with Gasteiger partial charge < -0.3 is 15.4 Å². The topological polar surface area (TPSA) is 60.6 Å². The van der Waals surface area contributed by atoms with E-state index in [1.54, 1.807) is 19.4 Å². The van der Waals surface area contributed by atoms with Crippen LogP contribution in [0.2, 0.25) is 0 Å². The summed E-state index contributed by atoms with van der Waals surface area (Å²) in [6, 6.07) is 1.88. The molecule has 1 aromatic rings. The number of aliphatic hydroxyl groups is 1. The number of nitrogens with zero attached hydrogens (tertiary/aromatic N) is 1. The minimum absolute atomic E-state index is 0.0155. The molecule has 0 aromatic carbocycles. The van der Waals surface area contributed by atoms with E-state index < -0.39 is 6.10 Å². The Morgan fingerprint density at radius 3 is 2.95 bits per heavy atom. The number of aromatic nitrogens is 1. The molecule has 0 spiro atoms. The number of hydrogen-bond donors (Lipinski definition) is 2. The van der Waals surface area contributed by atoms with E-state index in [9.17, 15) is 10.3 Å². The smallest absolute Gasteiger partial charge is 0.157 e. The molecule has 0 bridgehead atoms. The fraction of sp³-hybridized carbons (Fsp3) is 0.533. The van der Waals surface area contributed by atoms with Crippen LogP contribution in [0.5, 0.6) is 0 Å². The number of nitrogens with one attached hydrogen (secondary N) is 1. The normalized spacial score (nSPS) is 37.0. The maximum Gasteiger partial charge on any atom is 0.157 e. The number of aliphatic hydroxyl groups excluding tert-OH is 1. The number of alkyl halides is 1. The first-order valence-electron chi connectivity index (χ1n) is 6.84. The third kappa shape index (κ3) is 1.88. The van der Waals surface area contributed by atoms with Crippen LogP contribution in [0.3, 0.4) is 0 Å². The third-order valence-electron chi connectivity index (χ3n) is 5.07. The first kappa shape index (κ1) is 14.2. The highest BCUT2D eigenvalue weighted by Gasteiger charge is 2.68. The SMILES string of the molecule is C[NH+]([O-])c1cnccc1C1=C[C@@H](O)[C@]2(CBr)C[C@]2(C)C1. The van der Waals surface area contributed by atoms with Crippen molar-refractivity contribution in [1.29, 1.82) is 0 Å². The Bertz CT molecular complexity index is 575. The van der Waals surface area contributed by atoms with Gasteiger partial charge in [0.05, 0.1) is 19.3 Å². The van der Waals surface area contributed by atoms with Gasteiger partial charge in [-0.2, -0.15) is 0 Å². The summed E-state index contributed by atoms with van der Waals surface area (Å²) in [5.41, 5.74) is 2.73. The summed E-state index contributed by atoms with van der Waals surface area (Å²) >= 11 is 3.54. The molecule has 4 atom stereocenters. The highest BCUT2D eigenvalue weighted by atomic mass is 79.9. The summed E-state index contributed by atoms with van der Waals surface area (Å²) in [6.07, 6.45) is 6.72. The Kier molecular flexibility index (Phi) is 3.29. The summed E-state index contributed by atoms with van der Waals surface area (Å²) < 4.78 is 0. The molecule has 108 valence electrons. The molecule has 1 saturated carbocycles. The maximum atomic E-state index is 11.7. The van der Waals surface area contributed by atoms with Gasteiger partial charge >= 0.3 is 0 Å². The highest BCUT2D eigenvalue weighted by Crippen LogP contribution is 2.72. The largest absolute Gasteiger partial charge is 0.629 e. The fourth-order valence-corrected chi connectivity index (χ4v) is 4.82. The quantitative estimate of drug-likeness (QED) is 0.651. The third-order valence-corrected chi connectivity index (χ3v) is 6.07. The molecule has 20 heavy (non-hydrogen) atoms. The van der Waals surface area contributed by atoms with Gasteiger partial charge in [0, 0.05) is 22.5 Å². The van der Waals surface area contributed by atoms with Gasteiger partial charge in [-0.05, 0) is 29.9 Å². The van der Waals surface area contributed by atoms with Crippen molar-refractivity contribution in [3.63, 3.8) is 0 Å². The lowest BCUT2D eigenvalue weighted by Gasteiger charge is -2.31. The van der Waals surface area contributed by atoms with Crippen molar-refractivity contribution in [3.05, 3.63) is 35.3 Å². The summed E-state index contributed by atoms with van der Waals surface area (Å²) in [4.78, 5) is 4.04. The molecule has 2 N–H and O–H groups in total. The van der Waals surface area contributed by atoms with E-state index in [4.69, 9.17) is 0 Å². The van der Waals surface area contributed by atoms with E-state index in [0.29, 0.717) is 5.69 Å². The Morgan fingerprint density at radius 2 is 2.35 bits per heavy atom. The molecule has 5 heteroatoms. The van der Waals surface area contributed by atoms with Gasteiger partial charge in [0.25, 0.3) is 0 Å². The van der Waals surface area contributed by atoms with Crippen molar-refractivity contribution < 1.29 is 10.2 Å². The van der Waals surface area contributed by atoms with Gasteiger partial charge in [0.1, 0.15) is 0 Å². The molecule has 0 aliphatic heterocycles. The number of quaternary nitrogens is 1. The van der Waals surface area contributed by atoms with Crippen LogP contribution in [0.1, 0.15) is 25.3 Å².